The molecule has 0 radical (unpaired) electrons. The van der Waals surface area contributed by atoms with Crippen LogP contribution in [0.4, 0.5) is 15.6 Å². The SMILES string of the molecule is O=C(Nc1ccc(Oc2cccnc2)cc1)Nc1nccs1. The lowest BCUT2D eigenvalue weighted by atomic mass is 10.3. The highest BCUT2D eigenvalue weighted by Gasteiger charge is 2.04. The van der Waals surface area contributed by atoms with Crippen LogP contribution >= 0.6 is 11.3 Å². The number of benzene rings is 1. The third kappa shape index (κ3) is 3.80. The summed E-state index contributed by atoms with van der Waals surface area (Å²) in [5.74, 6) is 1.32. The van der Waals surface area contributed by atoms with Crippen molar-refractivity contribution < 1.29 is 9.53 Å². The molecule has 110 valence electrons. The van der Waals surface area contributed by atoms with E-state index >= 15 is 0 Å². The molecule has 0 saturated heterocycles. The first kappa shape index (κ1) is 14.0. The van der Waals surface area contributed by atoms with Gasteiger partial charge in [0.25, 0.3) is 0 Å². The van der Waals surface area contributed by atoms with Gasteiger partial charge in [-0.2, -0.15) is 0 Å². The maximum atomic E-state index is 11.8. The Kier molecular flexibility index (Phi) is 4.26. The molecule has 2 aromatic heterocycles. The van der Waals surface area contributed by atoms with Gasteiger partial charge in [0, 0.05) is 23.5 Å². The smallest absolute Gasteiger partial charge is 0.325 e. The molecule has 2 heterocycles. The third-order valence-electron chi connectivity index (χ3n) is 2.64. The number of amides is 2. The maximum absolute atomic E-state index is 11.8. The fraction of sp³-hybridized carbons (Fsp3) is 0. The highest BCUT2D eigenvalue weighted by atomic mass is 32.1. The zero-order chi connectivity index (χ0) is 15.2. The van der Waals surface area contributed by atoms with Gasteiger partial charge in [0.1, 0.15) is 11.5 Å². The van der Waals surface area contributed by atoms with Crippen LogP contribution in [-0.4, -0.2) is 16.0 Å². The Balaban J connectivity index is 1.58. The van der Waals surface area contributed by atoms with Crippen molar-refractivity contribution in [2.45, 2.75) is 0 Å². The predicted octanol–water partition coefficient (Wildman–Crippen LogP) is 3.97. The van der Waals surface area contributed by atoms with Crippen LogP contribution in [0.25, 0.3) is 0 Å². The van der Waals surface area contributed by atoms with Crippen LogP contribution in [0.3, 0.4) is 0 Å². The summed E-state index contributed by atoms with van der Waals surface area (Å²) in [7, 11) is 0. The Labute approximate surface area is 130 Å². The number of urea groups is 1. The first-order chi connectivity index (χ1) is 10.8. The first-order valence-electron chi connectivity index (χ1n) is 6.45. The molecular formula is C15H12N4O2S. The van der Waals surface area contributed by atoms with Crippen LogP contribution in [0, 0.1) is 0 Å². The average Bonchev–Trinajstić information content (AvgIpc) is 3.03. The summed E-state index contributed by atoms with van der Waals surface area (Å²) in [6, 6.07) is 10.3. The monoisotopic (exact) mass is 312 g/mol. The normalized spacial score (nSPS) is 10.0. The molecule has 22 heavy (non-hydrogen) atoms. The van der Waals surface area contributed by atoms with Crippen LogP contribution in [0.1, 0.15) is 0 Å². The Morgan fingerprint density at radius 1 is 1.05 bits per heavy atom. The van der Waals surface area contributed by atoms with E-state index in [-0.39, 0.29) is 6.03 Å². The van der Waals surface area contributed by atoms with Crippen molar-refractivity contribution in [1.29, 1.82) is 0 Å². The van der Waals surface area contributed by atoms with Gasteiger partial charge in [0.15, 0.2) is 5.13 Å². The quantitative estimate of drug-likeness (QED) is 0.764. The Morgan fingerprint density at radius 3 is 2.59 bits per heavy atom. The number of carbonyl (C=O) groups is 1. The molecule has 1 aromatic carbocycles. The number of hydrogen-bond acceptors (Lipinski definition) is 5. The minimum atomic E-state index is -0.337. The van der Waals surface area contributed by atoms with Gasteiger partial charge in [-0.1, -0.05) is 0 Å². The zero-order valence-corrected chi connectivity index (χ0v) is 12.2. The second-order valence-electron chi connectivity index (χ2n) is 4.23. The molecule has 0 unspecified atom stereocenters. The van der Waals surface area contributed by atoms with E-state index in [4.69, 9.17) is 4.74 Å². The van der Waals surface area contributed by atoms with Crippen LogP contribution in [0.5, 0.6) is 11.5 Å². The summed E-state index contributed by atoms with van der Waals surface area (Å²) < 4.78 is 5.62. The Hall–Kier alpha value is -2.93. The van der Waals surface area contributed by atoms with Crippen LogP contribution in [0.15, 0.2) is 60.4 Å². The lowest BCUT2D eigenvalue weighted by Gasteiger charge is -2.08. The van der Waals surface area contributed by atoms with Gasteiger partial charge in [0.2, 0.25) is 0 Å². The summed E-state index contributed by atoms with van der Waals surface area (Å²) in [5.41, 5.74) is 0.660. The fourth-order valence-corrected chi connectivity index (χ4v) is 2.22. The van der Waals surface area contributed by atoms with Crippen LogP contribution in [-0.2, 0) is 0 Å². The highest BCUT2D eigenvalue weighted by molar-refractivity contribution is 7.13. The molecular weight excluding hydrogens is 300 g/mol. The molecule has 0 aliphatic rings. The highest BCUT2D eigenvalue weighted by Crippen LogP contribution is 2.22. The number of aromatic nitrogens is 2. The van der Waals surface area contributed by atoms with Crippen molar-refractivity contribution in [1.82, 2.24) is 9.97 Å². The van der Waals surface area contributed by atoms with E-state index in [2.05, 4.69) is 20.6 Å². The van der Waals surface area contributed by atoms with E-state index in [1.165, 1.54) is 11.3 Å². The minimum absolute atomic E-state index is 0.337. The van der Waals surface area contributed by atoms with Crippen molar-refractivity contribution in [3.05, 3.63) is 60.4 Å². The van der Waals surface area contributed by atoms with Crippen molar-refractivity contribution in [3.8, 4) is 11.5 Å². The molecule has 7 heteroatoms. The number of pyridine rings is 1. The zero-order valence-electron chi connectivity index (χ0n) is 11.4. The van der Waals surface area contributed by atoms with Crippen molar-refractivity contribution in [3.63, 3.8) is 0 Å². The van der Waals surface area contributed by atoms with Gasteiger partial charge in [-0.15, -0.1) is 11.3 Å². The van der Waals surface area contributed by atoms with Crippen LogP contribution in [0.2, 0.25) is 0 Å². The average molecular weight is 312 g/mol. The lowest BCUT2D eigenvalue weighted by molar-refractivity contribution is 0.262. The van der Waals surface area contributed by atoms with Gasteiger partial charge >= 0.3 is 6.03 Å². The summed E-state index contributed by atoms with van der Waals surface area (Å²) in [4.78, 5) is 19.7. The summed E-state index contributed by atoms with van der Waals surface area (Å²) in [5, 5.41) is 7.70. The molecule has 0 aliphatic carbocycles. The van der Waals surface area contributed by atoms with Gasteiger partial charge in [0.05, 0.1) is 6.20 Å². The van der Waals surface area contributed by atoms with Gasteiger partial charge < -0.3 is 10.1 Å². The molecule has 0 aliphatic heterocycles. The molecule has 0 atom stereocenters. The molecule has 6 nitrogen and oxygen atoms in total. The second-order valence-corrected chi connectivity index (χ2v) is 5.13. The molecule has 0 spiro atoms. The maximum Gasteiger partial charge on any atom is 0.325 e. The largest absolute Gasteiger partial charge is 0.456 e. The first-order valence-corrected chi connectivity index (χ1v) is 7.33. The van der Waals surface area contributed by atoms with Gasteiger partial charge in [-0.25, -0.2) is 9.78 Å². The van der Waals surface area contributed by atoms with Gasteiger partial charge in [-0.05, 0) is 36.4 Å². The third-order valence-corrected chi connectivity index (χ3v) is 3.32. The molecule has 3 rings (SSSR count). The Morgan fingerprint density at radius 2 is 1.91 bits per heavy atom. The summed E-state index contributed by atoms with van der Waals surface area (Å²) in [6.45, 7) is 0. The van der Waals surface area contributed by atoms with Crippen LogP contribution < -0.4 is 15.4 Å². The minimum Gasteiger partial charge on any atom is -0.456 e. The van der Waals surface area contributed by atoms with E-state index in [0.29, 0.717) is 22.3 Å². The van der Waals surface area contributed by atoms with E-state index in [1.54, 1.807) is 54.3 Å². The molecule has 2 amide bonds. The predicted molar refractivity (Wildman–Crippen MR) is 85.5 cm³/mol. The molecule has 2 N–H and O–H groups in total. The number of hydrogen-bond donors (Lipinski definition) is 2. The number of ether oxygens (including phenoxy) is 1. The number of thiazole rings is 1. The number of rotatable bonds is 4. The van der Waals surface area contributed by atoms with E-state index in [0.717, 1.165) is 0 Å². The van der Waals surface area contributed by atoms with E-state index in [9.17, 15) is 4.79 Å². The number of anilines is 2. The fourth-order valence-electron chi connectivity index (χ4n) is 1.69. The van der Waals surface area contributed by atoms with E-state index < -0.39 is 0 Å². The second kappa shape index (κ2) is 6.68. The van der Waals surface area contributed by atoms with Crippen molar-refractivity contribution >= 4 is 28.2 Å². The van der Waals surface area contributed by atoms with Gasteiger partial charge in [-0.3, -0.25) is 10.3 Å². The Bertz CT molecular complexity index is 730. The summed E-state index contributed by atoms with van der Waals surface area (Å²) in [6.07, 6.45) is 4.94. The number of nitrogens with zero attached hydrogens (tertiary/aromatic N) is 2. The van der Waals surface area contributed by atoms with Crippen molar-refractivity contribution in [2.75, 3.05) is 10.6 Å². The number of carbonyl (C=O) groups excluding carboxylic acids is 1. The molecule has 3 aromatic rings. The standard InChI is InChI=1S/C15H12N4O2S/c20-14(19-15-17-8-9-22-15)18-11-3-5-12(6-4-11)21-13-2-1-7-16-10-13/h1-10H,(H2,17,18,19,20). The van der Waals surface area contributed by atoms with E-state index in [1.807, 2.05) is 6.07 Å². The lowest BCUT2D eigenvalue weighted by Crippen LogP contribution is -2.19. The number of nitrogens with one attached hydrogen (secondary N) is 2. The topological polar surface area (TPSA) is 76.1 Å². The summed E-state index contributed by atoms with van der Waals surface area (Å²) >= 11 is 1.36. The molecule has 0 bridgehead atoms. The molecule has 0 saturated carbocycles. The van der Waals surface area contributed by atoms with Crippen molar-refractivity contribution in [2.24, 2.45) is 0 Å². The molecule has 0 fully saturated rings.